The number of aliphatic hydroxyl groups excluding tert-OH is 1. The van der Waals surface area contributed by atoms with Gasteiger partial charge >= 0.3 is 0 Å². The maximum Gasteiger partial charge on any atom is 0.295 e. The van der Waals surface area contributed by atoms with E-state index in [0.29, 0.717) is 35.9 Å². The van der Waals surface area contributed by atoms with Crippen molar-refractivity contribution in [3.05, 3.63) is 64.2 Å². The predicted molar refractivity (Wildman–Crippen MR) is 122 cm³/mol. The molecule has 0 spiro atoms. The average Bonchev–Trinajstić information content (AvgIpc) is 3.08. The number of carbonyl (C=O) groups excluding carboxylic acids is 2. The number of hydrogen-bond donors (Lipinski definition) is 2. The maximum absolute atomic E-state index is 13.1. The van der Waals surface area contributed by atoms with Gasteiger partial charge in [0.1, 0.15) is 5.76 Å². The molecule has 0 bridgehead atoms. The second-order valence-corrected chi connectivity index (χ2v) is 8.32. The summed E-state index contributed by atoms with van der Waals surface area (Å²) < 4.78 is 10.6. The predicted octanol–water partition coefficient (Wildman–Crippen LogP) is 2.81. The number of Topliss-reactive ketones (excluding diaryl/α,β-unsaturated/α-hetero) is 1. The Kier molecular flexibility index (Phi) is 6.88. The molecule has 0 aliphatic carbocycles. The van der Waals surface area contributed by atoms with Crippen LogP contribution in [0.5, 0.6) is 11.5 Å². The highest BCUT2D eigenvalue weighted by molar-refractivity contribution is 6.46. The number of aliphatic hydroxyl groups is 1. The molecule has 174 valence electrons. The van der Waals surface area contributed by atoms with Crippen LogP contribution in [0.1, 0.15) is 17.2 Å². The molecule has 0 radical (unpaired) electrons. The van der Waals surface area contributed by atoms with Crippen molar-refractivity contribution < 1.29 is 29.3 Å². The van der Waals surface area contributed by atoms with Crippen LogP contribution < -0.4 is 4.74 Å². The zero-order valence-electron chi connectivity index (χ0n) is 18.2. The molecule has 2 N–H and O–H groups in total. The Morgan fingerprint density at radius 3 is 2.48 bits per heavy atom. The van der Waals surface area contributed by atoms with E-state index in [1.807, 2.05) is 0 Å². The van der Waals surface area contributed by atoms with Gasteiger partial charge in [-0.1, -0.05) is 17.7 Å². The molecule has 8 nitrogen and oxygen atoms in total. The van der Waals surface area contributed by atoms with Gasteiger partial charge in [-0.2, -0.15) is 0 Å². The van der Waals surface area contributed by atoms with Crippen LogP contribution in [-0.2, 0) is 14.3 Å². The Balaban J connectivity index is 1.76. The molecule has 2 fully saturated rings. The summed E-state index contributed by atoms with van der Waals surface area (Å²) in [6, 6.07) is 10.2. The number of rotatable bonds is 6. The lowest BCUT2D eigenvalue weighted by Crippen LogP contribution is -2.42. The molecule has 2 heterocycles. The number of ketones is 1. The van der Waals surface area contributed by atoms with Crippen molar-refractivity contribution in [2.75, 3.05) is 46.5 Å². The Labute approximate surface area is 196 Å². The van der Waals surface area contributed by atoms with E-state index in [9.17, 15) is 19.8 Å². The molecule has 4 rings (SSSR count). The van der Waals surface area contributed by atoms with Crippen molar-refractivity contribution in [3.8, 4) is 11.5 Å². The number of benzene rings is 2. The van der Waals surface area contributed by atoms with Crippen molar-refractivity contribution in [1.29, 1.82) is 0 Å². The fraction of sp³-hybridized carbons (Fsp3) is 0.333. The third-order valence-corrected chi connectivity index (χ3v) is 6.19. The number of halogens is 1. The van der Waals surface area contributed by atoms with Gasteiger partial charge in [0.05, 0.1) is 31.9 Å². The Morgan fingerprint density at radius 1 is 1.12 bits per heavy atom. The first-order chi connectivity index (χ1) is 15.9. The molecule has 1 unspecified atom stereocenters. The number of phenols is 1. The first-order valence-electron chi connectivity index (χ1n) is 10.6. The van der Waals surface area contributed by atoms with Crippen molar-refractivity contribution in [3.63, 3.8) is 0 Å². The summed E-state index contributed by atoms with van der Waals surface area (Å²) in [6.45, 7) is 3.57. The van der Waals surface area contributed by atoms with E-state index in [4.69, 9.17) is 21.1 Å². The van der Waals surface area contributed by atoms with Gasteiger partial charge < -0.3 is 24.6 Å². The highest BCUT2D eigenvalue weighted by atomic mass is 35.5. The van der Waals surface area contributed by atoms with E-state index in [2.05, 4.69) is 4.90 Å². The van der Waals surface area contributed by atoms with Crippen LogP contribution in [0.25, 0.3) is 5.76 Å². The number of nitrogens with zero attached hydrogens (tertiary/aromatic N) is 2. The highest BCUT2D eigenvalue weighted by Crippen LogP contribution is 2.41. The molecule has 33 heavy (non-hydrogen) atoms. The Hall–Kier alpha value is -3.07. The normalized spacial score (nSPS) is 20.9. The largest absolute Gasteiger partial charge is 0.507 e. The first-order valence-corrected chi connectivity index (χ1v) is 11.0. The third-order valence-electron chi connectivity index (χ3n) is 5.94. The quantitative estimate of drug-likeness (QED) is 0.379. The van der Waals surface area contributed by atoms with Crippen LogP contribution in [0.3, 0.4) is 0 Å². The molecule has 2 aromatic carbocycles. The van der Waals surface area contributed by atoms with E-state index in [1.54, 1.807) is 36.4 Å². The van der Waals surface area contributed by atoms with Gasteiger partial charge in [-0.05, 0) is 42.0 Å². The van der Waals surface area contributed by atoms with Gasteiger partial charge in [0.2, 0.25) is 0 Å². The summed E-state index contributed by atoms with van der Waals surface area (Å²) in [5, 5.41) is 21.6. The van der Waals surface area contributed by atoms with E-state index in [0.717, 1.165) is 13.1 Å². The molecule has 0 aromatic heterocycles. The molecule has 9 heteroatoms. The number of ether oxygens (including phenoxy) is 2. The molecule has 1 amide bonds. The minimum Gasteiger partial charge on any atom is -0.507 e. The molecule has 2 aromatic rings. The molecular formula is C24H25ClN2O6. The number of carbonyl (C=O) groups is 2. The molecule has 1 atom stereocenters. The molecular weight excluding hydrogens is 448 g/mol. The van der Waals surface area contributed by atoms with Crippen molar-refractivity contribution >= 4 is 29.1 Å². The van der Waals surface area contributed by atoms with Crippen molar-refractivity contribution in [2.45, 2.75) is 6.04 Å². The summed E-state index contributed by atoms with van der Waals surface area (Å²) in [5.41, 5.74) is 0.903. The number of amides is 1. The summed E-state index contributed by atoms with van der Waals surface area (Å²) >= 11 is 5.96. The standard InChI is InChI=1S/C24H25ClN2O6/c1-32-19-14-16(4-7-18(19)28)21-20(22(29)15-2-5-17(25)6-3-15)23(30)24(31)27(21)9-8-26-10-12-33-13-11-26/h2-7,14,21,28-29H,8-13H2,1H3. The van der Waals surface area contributed by atoms with Gasteiger partial charge in [-0.3, -0.25) is 14.5 Å². The van der Waals surface area contributed by atoms with Crippen LogP contribution >= 0.6 is 11.6 Å². The van der Waals surface area contributed by atoms with Crippen molar-refractivity contribution in [1.82, 2.24) is 9.80 Å². The van der Waals surface area contributed by atoms with Gasteiger partial charge in [0.15, 0.2) is 11.5 Å². The maximum atomic E-state index is 13.1. The number of likely N-dealkylation sites (tertiary alicyclic amines) is 1. The summed E-state index contributed by atoms with van der Waals surface area (Å²) in [7, 11) is 1.42. The lowest BCUT2D eigenvalue weighted by Gasteiger charge is -2.31. The zero-order valence-corrected chi connectivity index (χ0v) is 18.9. The van der Waals surface area contributed by atoms with E-state index >= 15 is 0 Å². The minimum atomic E-state index is -0.837. The van der Waals surface area contributed by atoms with Gasteiger partial charge in [0.25, 0.3) is 11.7 Å². The van der Waals surface area contributed by atoms with Crippen LogP contribution in [0, 0.1) is 0 Å². The fourth-order valence-electron chi connectivity index (χ4n) is 4.16. The molecule has 0 saturated carbocycles. The second-order valence-electron chi connectivity index (χ2n) is 7.88. The number of hydrogen-bond acceptors (Lipinski definition) is 7. The lowest BCUT2D eigenvalue weighted by atomic mass is 9.95. The summed E-state index contributed by atoms with van der Waals surface area (Å²) in [5.74, 6) is -1.59. The van der Waals surface area contributed by atoms with Crippen LogP contribution in [0.2, 0.25) is 5.02 Å². The van der Waals surface area contributed by atoms with E-state index in [1.165, 1.54) is 18.1 Å². The van der Waals surface area contributed by atoms with Gasteiger partial charge in [0, 0.05) is 36.8 Å². The van der Waals surface area contributed by atoms with E-state index in [-0.39, 0.29) is 29.4 Å². The number of morpholine rings is 1. The smallest absolute Gasteiger partial charge is 0.295 e. The SMILES string of the molecule is COc1cc(C2C(=C(O)c3ccc(Cl)cc3)C(=O)C(=O)N2CCN2CCOCC2)ccc1O. The molecule has 2 saturated heterocycles. The molecule has 2 aliphatic rings. The first kappa shape index (κ1) is 23.1. The number of aromatic hydroxyl groups is 1. The Bertz CT molecular complexity index is 1080. The summed E-state index contributed by atoms with van der Waals surface area (Å²) in [4.78, 5) is 29.8. The molecule has 2 aliphatic heterocycles. The lowest BCUT2D eigenvalue weighted by molar-refractivity contribution is -0.140. The highest BCUT2D eigenvalue weighted by Gasteiger charge is 2.46. The average molecular weight is 473 g/mol. The minimum absolute atomic E-state index is 0.0166. The van der Waals surface area contributed by atoms with Crippen LogP contribution in [0.15, 0.2) is 48.0 Å². The Morgan fingerprint density at radius 2 is 1.82 bits per heavy atom. The van der Waals surface area contributed by atoms with Crippen LogP contribution in [-0.4, -0.2) is 78.2 Å². The summed E-state index contributed by atoms with van der Waals surface area (Å²) in [6.07, 6.45) is 0. The fourth-order valence-corrected chi connectivity index (χ4v) is 4.28. The topological polar surface area (TPSA) is 99.5 Å². The monoisotopic (exact) mass is 472 g/mol. The van der Waals surface area contributed by atoms with E-state index < -0.39 is 17.7 Å². The van der Waals surface area contributed by atoms with Crippen LogP contribution in [0.4, 0.5) is 0 Å². The zero-order chi connectivity index (χ0) is 23.5. The van der Waals surface area contributed by atoms with Crippen molar-refractivity contribution in [2.24, 2.45) is 0 Å². The second kappa shape index (κ2) is 9.82. The third kappa shape index (κ3) is 4.68. The number of methoxy groups -OCH3 is 1. The number of phenolic OH excluding ortho intramolecular Hbond substituents is 1. The van der Waals surface area contributed by atoms with Gasteiger partial charge in [-0.15, -0.1) is 0 Å². The van der Waals surface area contributed by atoms with Gasteiger partial charge in [-0.25, -0.2) is 0 Å².